The standard InChI is InChI=1S/C15H34N2/c1-6-11-15(16-9-4)13-17(10-5)12-14(7-2)8-3/h14-16H,6-13H2,1-5H3. The molecule has 0 aliphatic carbocycles. The van der Waals surface area contributed by atoms with Crippen LogP contribution in [0.25, 0.3) is 0 Å². The van der Waals surface area contributed by atoms with Crippen molar-refractivity contribution >= 4 is 0 Å². The summed E-state index contributed by atoms with van der Waals surface area (Å²) in [6, 6.07) is 0.680. The van der Waals surface area contributed by atoms with Gasteiger partial charge in [-0.3, -0.25) is 0 Å². The molecule has 0 aromatic heterocycles. The van der Waals surface area contributed by atoms with Crippen LogP contribution in [0.15, 0.2) is 0 Å². The van der Waals surface area contributed by atoms with Crippen LogP contribution in [0, 0.1) is 5.92 Å². The van der Waals surface area contributed by atoms with Crippen LogP contribution in [-0.4, -0.2) is 37.1 Å². The van der Waals surface area contributed by atoms with Gasteiger partial charge in [0.2, 0.25) is 0 Å². The highest BCUT2D eigenvalue weighted by atomic mass is 15.1. The second-order valence-electron chi connectivity index (χ2n) is 5.08. The first-order chi connectivity index (χ1) is 8.21. The summed E-state index contributed by atoms with van der Waals surface area (Å²) in [5.74, 6) is 0.874. The van der Waals surface area contributed by atoms with E-state index in [-0.39, 0.29) is 0 Å². The number of nitrogens with zero attached hydrogens (tertiary/aromatic N) is 1. The summed E-state index contributed by atoms with van der Waals surface area (Å²) < 4.78 is 0. The van der Waals surface area contributed by atoms with E-state index in [1.54, 1.807) is 0 Å². The molecule has 0 fully saturated rings. The Morgan fingerprint density at radius 3 is 2.00 bits per heavy atom. The minimum Gasteiger partial charge on any atom is -0.313 e. The van der Waals surface area contributed by atoms with Gasteiger partial charge in [0.1, 0.15) is 0 Å². The van der Waals surface area contributed by atoms with Crippen LogP contribution in [-0.2, 0) is 0 Å². The van der Waals surface area contributed by atoms with E-state index >= 15 is 0 Å². The molecule has 104 valence electrons. The molecular weight excluding hydrogens is 208 g/mol. The van der Waals surface area contributed by atoms with Gasteiger partial charge in [-0.15, -0.1) is 0 Å². The molecule has 1 unspecified atom stereocenters. The topological polar surface area (TPSA) is 15.3 Å². The van der Waals surface area contributed by atoms with Crippen LogP contribution in [0.5, 0.6) is 0 Å². The van der Waals surface area contributed by atoms with Crippen molar-refractivity contribution in [2.24, 2.45) is 5.92 Å². The molecule has 17 heavy (non-hydrogen) atoms. The first-order valence-electron chi connectivity index (χ1n) is 7.67. The Bertz CT molecular complexity index is 149. The molecule has 1 atom stereocenters. The molecule has 0 rings (SSSR count). The summed E-state index contributed by atoms with van der Waals surface area (Å²) in [7, 11) is 0. The van der Waals surface area contributed by atoms with E-state index in [9.17, 15) is 0 Å². The minimum atomic E-state index is 0.680. The number of hydrogen-bond donors (Lipinski definition) is 1. The highest BCUT2D eigenvalue weighted by Crippen LogP contribution is 2.11. The molecule has 0 bridgehead atoms. The highest BCUT2D eigenvalue weighted by molar-refractivity contribution is 4.72. The molecule has 0 aromatic carbocycles. The molecule has 0 heterocycles. The van der Waals surface area contributed by atoms with E-state index < -0.39 is 0 Å². The minimum absolute atomic E-state index is 0.680. The average Bonchev–Trinajstić information content (AvgIpc) is 2.34. The molecule has 0 aromatic rings. The maximum absolute atomic E-state index is 3.62. The fourth-order valence-corrected chi connectivity index (χ4v) is 2.45. The Morgan fingerprint density at radius 1 is 0.941 bits per heavy atom. The average molecular weight is 242 g/mol. The zero-order chi connectivity index (χ0) is 13.1. The predicted molar refractivity (Wildman–Crippen MR) is 78.6 cm³/mol. The van der Waals surface area contributed by atoms with Crippen molar-refractivity contribution in [2.45, 2.75) is 66.3 Å². The van der Waals surface area contributed by atoms with Crippen molar-refractivity contribution in [3.8, 4) is 0 Å². The van der Waals surface area contributed by atoms with Gasteiger partial charge >= 0.3 is 0 Å². The molecule has 0 aliphatic rings. The van der Waals surface area contributed by atoms with Gasteiger partial charge in [-0.25, -0.2) is 0 Å². The van der Waals surface area contributed by atoms with Crippen molar-refractivity contribution in [3.63, 3.8) is 0 Å². The Morgan fingerprint density at radius 2 is 1.59 bits per heavy atom. The third-order valence-electron chi connectivity index (χ3n) is 3.73. The van der Waals surface area contributed by atoms with Crippen LogP contribution in [0.4, 0.5) is 0 Å². The summed E-state index contributed by atoms with van der Waals surface area (Å²) in [6.45, 7) is 16.2. The largest absolute Gasteiger partial charge is 0.313 e. The lowest BCUT2D eigenvalue weighted by molar-refractivity contribution is 0.207. The molecule has 0 saturated heterocycles. The fourth-order valence-electron chi connectivity index (χ4n) is 2.45. The monoisotopic (exact) mass is 242 g/mol. The van der Waals surface area contributed by atoms with Crippen molar-refractivity contribution in [1.29, 1.82) is 0 Å². The number of hydrogen-bond acceptors (Lipinski definition) is 2. The van der Waals surface area contributed by atoms with Crippen LogP contribution in [0.3, 0.4) is 0 Å². The maximum Gasteiger partial charge on any atom is 0.0194 e. The second kappa shape index (κ2) is 11.0. The lowest BCUT2D eigenvalue weighted by Gasteiger charge is -2.29. The van der Waals surface area contributed by atoms with Crippen molar-refractivity contribution in [3.05, 3.63) is 0 Å². The van der Waals surface area contributed by atoms with Crippen LogP contribution < -0.4 is 5.32 Å². The lowest BCUT2D eigenvalue weighted by Crippen LogP contribution is -2.42. The molecule has 0 amide bonds. The van der Waals surface area contributed by atoms with E-state index in [2.05, 4.69) is 44.8 Å². The van der Waals surface area contributed by atoms with Crippen molar-refractivity contribution in [2.75, 3.05) is 26.2 Å². The Kier molecular flexibility index (Phi) is 11.0. The van der Waals surface area contributed by atoms with E-state index in [1.807, 2.05) is 0 Å². The van der Waals surface area contributed by atoms with Gasteiger partial charge in [0.05, 0.1) is 0 Å². The first kappa shape index (κ1) is 16.9. The Hall–Kier alpha value is -0.0800. The molecule has 1 N–H and O–H groups in total. The Labute approximate surface area is 109 Å². The van der Waals surface area contributed by atoms with Gasteiger partial charge in [-0.2, -0.15) is 0 Å². The van der Waals surface area contributed by atoms with E-state index in [0.29, 0.717) is 6.04 Å². The van der Waals surface area contributed by atoms with Gasteiger partial charge in [0, 0.05) is 19.1 Å². The van der Waals surface area contributed by atoms with Crippen molar-refractivity contribution in [1.82, 2.24) is 10.2 Å². The maximum atomic E-state index is 3.62. The summed E-state index contributed by atoms with van der Waals surface area (Å²) in [6.07, 6.45) is 5.20. The SMILES string of the molecule is CCCC(CN(CC)CC(CC)CC)NCC. The quantitative estimate of drug-likeness (QED) is 0.596. The van der Waals surface area contributed by atoms with Crippen LogP contribution in [0.1, 0.15) is 60.3 Å². The van der Waals surface area contributed by atoms with Gasteiger partial charge < -0.3 is 10.2 Å². The molecule has 2 heteroatoms. The second-order valence-corrected chi connectivity index (χ2v) is 5.08. The zero-order valence-corrected chi connectivity index (χ0v) is 12.8. The summed E-state index contributed by atoms with van der Waals surface area (Å²) >= 11 is 0. The van der Waals surface area contributed by atoms with Gasteiger partial charge in [0.15, 0.2) is 0 Å². The third-order valence-corrected chi connectivity index (χ3v) is 3.73. The molecule has 0 aliphatic heterocycles. The van der Waals surface area contributed by atoms with Gasteiger partial charge in [0.25, 0.3) is 0 Å². The van der Waals surface area contributed by atoms with Gasteiger partial charge in [-0.05, 0) is 25.4 Å². The van der Waals surface area contributed by atoms with Crippen LogP contribution in [0.2, 0.25) is 0 Å². The normalized spacial score (nSPS) is 13.6. The molecule has 0 saturated carbocycles. The number of rotatable bonds is 11. The summed E-state index contributed by atoms with van der Waals surface area (Å²) in [5.41, 5.74) is 0. The predicted octanol–water partition coefficient (Wildman–Crippen LogP) is 3.52. The van der Waals surface area contributed by atoms with Crippen molar-refractivity contribution < 1.29 is 0 Å². The Balaban J connectivity index is 4.14. The zero-order valence-electron chi connectivity index (χ0n) is 12.8. The van der Waals surface area contributed by atoms with E-state index in [4.69, 9.17) is 0 Å². The smallest absolute Gasteiger partial charge is 0.0194 e. The van der Waals surface area contributed by atoms with Crippen LogP contribution >= 0.6 is 0 Å². The first-order valence-corrected chi connectivity index (χ1v) is 7.67. The number of likely N-dealkylation sites (N-methyl/N-ethyl adjacent to an activating group) is 2. The molecule has 2 nitrogen and oxygen atoms in total. The van der Waals surface area contributed by atoms with E-state index in [0.717, 1.165) is 12.5 Å². The highest BCUT2D eigenvalue weighted by Gasteiger charge is 2.14. The molecule has 0 spiro atoms. The molecular formula is C15H34N2. The van der Waals surface area contributed by atoms with Gasteiger partial charge in [-0.1, -0.05) is 53.9 Å². The lowest BCUT2D eigenvalue weighted by atomic mass is 10.0. The number of nitrogens with one attached hydrogen (secondary N) is 1. The fraction of sp³-hybridized carbons (Fsp3) is 1.00. The third kappa shape index (κ3) is 7.77. The summed E-state index contributed by atoms with van der Waals surface area (Å²) in [4.78, 5) is 2.63. The molecule has 0 radical (unpaired) electrons. The summed E-state index contributed by atoms with van der Waals surface area (Å²) in [5, 5.41) is 3.62. The van der Waals surface area contributed by atoms with E-state index in [1.165, 1.54) is 45.3 Å².